The number of anilines is 1. The molecule has 2 N–H and O–H groups in total. The number of ether oxygens (including phenoxy) is 2. The zero-order chi connectivity index (χ0) is 34.3. The fourth-order valence-corrected chi connectivity index (χ4v) is 9.13. The van der Waals surface area contributed by atoms with Gasteiger partial charge in [-0.1, -0.05) is 42.1 Å². The number of esters is 1. The Labute approximate surface area is 278 Å². The van der Waals surface area contributed by atoms with Crippen LogP contribution in [0.2, 0.25) is 0 Å². The lowest BCUT2D eigenvalue weighted by Crippen LogP contribution is -2.73. The third kappa shape index (κ3) is 7.98. The van der Waals surface area contributed by atoms with E-state index in [1.165, 1.54) is 32.6 Å². The van der Waals surface area contributed by atoms with Gasteiger partial charge in [-0.15, -0.1) is 11.3 Å². The topological polar surface area (TPSA) is 183 Å². The minimum Gasteiger partial charge on any atom is -0.497 e. The summed E-state index contributed by atoms with van der Waals surface area (Å²) in [7, 11) is -1.02. The number of nitrogens with zero attached hydrogens (tertiary/aromatic N) is 3. The monoisotopic (exact) mass is 701 g/mol. The Morgan fingerprint density at radius 2 is 1.89 bits per heavy atom. The van der Waals surface area contributed by atoms with E-state index in [-0.39, 0.29) is 33.6 Å². The second kappa shape index (κ2) is 15.2. The molecule has 1 fully saturated rings. The number of likely N-dealkylation sites (tertiary alicyclic amines) is 1. The molecule has 1 aliphatic rings. The number of rotatable bonds is 15. The second-order valence-corrected chi connectivity index (χ2v) is 14.8. The number of oxime groups is 1. The average Bonchev–Trinajstić information content (AvgIpc) is 3.51. The van der Waals surface area contributed by atoms with Crippen molar-refractivity contribution in [1.29, 1.82) is 0 Å². The Bertz CT molecular complexity index is 1810. The highest BCUT2D eigenvalue weighted by Crippen LogP contribution is 2.40. The zero-order valence-electron chi connectivity index (χ0n) is 25.7. The fraction of sp³-hybridized carbons (Fsp3) is 0.267. The van der Waals surface area contributed by atoms with E-state index in [0.717, 1.165) is 16.2 Å². The maximum Gasteiger partial charge on any atom is 0.333 e. The largest absolute Gasteiger partial charge is 0.497 e. The first-order valence-electron chi connectivity index (χ1n) is 13.8. The summed E-state index contributed by atoms with van der Waals surface area (Å²) in [5.74, 6) is -1.91. The van der Waals surface area contributed by atoms with Crippen LogP contribution in [0, 0.1) is 6.92 Å². The van der Waals surface area contributed by atoms with Gasteiger partial charge in [-0.3, -0.25) is 14.4 Å². The maximum absolute atomic E-state index is 13.7. The van der Waals surface area contributed by atoms with E-state index in [4.69, 9.17) is 14.3 Å². The Kier molecular flexibility index (Phi) is 11.4. The van der Waals surface area contributed by atoms with Crippen LogP contribution in [-0.4, -0.2) is 79.9 Å². The standard InChI is InChI=1S/C30H31N5O9S3/c1-17(2)25(29(39)44-14-19-10-12-20(42-4)13-11-19)35-27(38)24(28(35)46-47(40,41)22-9-7-6-8-18(22)3)33-26(37)23(34-43-5)21-15-45-30(32-21)31-16-36/h6-13,15-16,24-25,28H,1,14H2,2-5H3,(H,33,37)(H,31,32,36). The van der Waals surface area contributed by atoms with E-state index in [1.807, 2.05) is 0 Å². The summed E-state index contributed by atoms with van der Waals surface area (Å²) in [6.07, 6.45) is 0.411. The van der Waals surface area contributed by atoms with Crippen LogP contribution in [0.3, 0.4) is 0 Å². The number of aryl methyl sites for hydroxylation is 1. The minimum atomic E-state index is -4.14. The number of carbonyl (C=O) groups excluding carboxylic acids is 4. The molecule has 14 nitrogen and oxygen atoms in total. The summed E-state index contributed by atoms with van der Waals surface area (Å²) in [6, 6.07) is 10.3. The summed E-state index contributed by atoms with van der Waals surface area (Å²) >= 11 is 1.01. The quantitative estimate of drug-likeness (QED) is 0.0452. The van der Waals surface area contributed by atoms with Crippen LogP contribution in [0.5, 0.6) is 5.75 Å². The van der Waals surface area contributed by atoms with Crippen LogP contribution < -0.4 is 15.4 Å². The first-order chi connectivity index (χ1) is 22.4. The smallest absolute Gasteiger partial charge is 0.333 e. The molecule has 0 bridgehead atoms. The average molecular weight is 702 g/mol. The number of nitrogens with one attached hydrogen (secondary N) is 2. The van der Waals surface area contributed by atoms with Crippen LogP contribution in [0.1, 0.15) is 23.7 Å². The van der Waals surface area contributed by atoms with E-state index in [2.05, 4.69) is 27.4 Å². The molecule has 2 heterocycles. The van der Waals surface area contributed by atoms with Crippen LogP contribution >= 0.6 is 22.1 Å². The van der Waals surface area contributed by atoms with Crippen molar-refractivity contribution in [2.45, 2.75) is 42.8 Å². The molecule has 4 rings (SSSR count). The van der Waals surface area contributed by atoms with Crippen LogP contribution in [0.25, 0.3) is 0 Å². The molecule has 0 aliphatic carbocycles. The third-order valence-electron chi connectivity index (χ3n) is 6.79. The fourth-order valence-electron chi connectivity index (χ4n) is 4.53. The molecule has 0 spiro atoms. The van der Waals surface area contributed by atoms with Crippen molar-refractivity contribution >= 4 is 66.0 Å². The van der Waals surface area contributed by atoms with Gasteiger partial charge in [-0.05, 0) is 48.7 Å². The third-order valence-corrected chi connectivity index (χ3v) is 11.4. The minimum absolute atomic E-state index is 0.00245. The van der Waals surface area contributed by atoms with E-state index < -0.39 is 44.1 Å². The van der Waals surface area contributed by atoms with Crippen LogP contribution in [0.4, 0.5) is 5.13 Å². The van der Waals surface area contributed by atoms with Gasteiger partial charge in [0.2, 0.25) is 21.2 Å². The number of methoxy groups -OCH3 is 1. The van der Waals surface area contributed by atoms with Gasteiger partial charge in [-0.2, -0.15) is 0 Å². The van der Waals surface area contributed by atoms with Crippen molar-refractivity contribution in [3.05, 3.63) is 82.9 Å². The lowest BCUT2D eigenvalue weighted by molar-refractivity contribution is -0.163. The highest BCUT2D eigenvalue weighted by Gasteiger charge is 2.56. The number of aromatic nitrogens is 1. The molecule has 0 radical (unpaired) electrons. The highest BCUT2D eigenvalue weighted by atomic mass is 33.1. The van der Waals surface area contributed by atoms with E-state index in [0.29, 0.717) is 34.1 Å². The summed E-state index contributed by atoms with van der Waals surface area (Å²) in [5, 5.41) is 8.92. The second-order valence-electron chi connectivity index (χ2n) is 10.0. The molecule has 3 atom stereocenters. The molecule has 0 saturated carbocycles. The lowest BCUT2D eigenvalue weighted by atomic mass is 9.99. The first kappa shape index (κ1) is 35.1. The zero-order valence-corrected chi connectivity index (χ0v) is 28.1. The summed E-state index contributed by atoms with van der Waals surface area (Å²) < 4.78 is 38.0. The van der Waals surface area contributed by atoms with E-state index in [9.17, 15) is 27.6 Å². The normalized spacial score (nSPS) is 16.8. The van der Waals surface area contributed by atoms with Crippen molar-refractivity contribution in [2.24, 2.45) is 5.16 Å². The van der Waals surface area contributed by atoms with E-state index >= 15 is 0 Å². The van der Waals surface area contributed by atoms with Crippen molar-refractivity contribution in [3.8, 4) is 5.75 Å². The number of hydrogen-bond acceptors (Lipinski definition) is 13. The van der Waals surface area contributed by atoms with Gasteiger partial charge in [0.25, 0.3) is 5.91 Å². The number of amides is 3. The van der Waals surface area contributed by atoms with Gasteiger partial charge in [0.15, 0.2) is 16.9 Å². The number of β-lactam (4-membered cyclic amide) rings is 1. The van der Waals surface area contributed by atoms with Gasteiger partial charge in [0, 0.05) is 16.2 Å². The maximum atomic E-state index is 13.7. The molecule has 3 aromatic rings. The molecule has 3 unspecified atom stereocenters. The van der Waals surface area contributed by atoms with Crippen molar-refractivity contribution in [3.63, 3.8) is 0 Å². The predicted molar refractivity (Wildman–Crippen MR) is 175 cm³/mol. The van der Waals surface area contributed by atoms with Gasteiger partial charge in [0.05, 0.1) is 12.0 Å². The highest BCUT2D eigenvalue weighted by molar-refractivity contribution is 8.72. The molecule has 1 saturated heterocycles. The summed E-state index contributed by atoms with van der Waals surface area (Å²) in [6.45, 7) is 6.85. The summed E-state index contributed by atoms with van der Waals surface area (Å²) in [5.41, 5.74) is 1.01. The molecule has 1 aromatic heterocycles. The Balaban J connectivity index is 1.64. The van der Waals surface area contributed by atoms with Crippen molar-refractivity contribution in [1.82, 2.24) is 15.2 Å². The Morgan fingerprint density at radius 3 is 2.51 bits per heavy atom. The lowest BCUT2D eigenvalue weighted by Gasteiger charge is -2.49. The number of thiazole rings is 1. The van der Waals surface area contributed by atoms with Gasteiger partial charge in [0.1, 0.15) is 36.6 Å². The molecule has 248 valence electrons. The van der Waals surface area contributed by atoms with Crippen molar-refractivity contribution < 1.29 is 41.9 Å². The number of hydrogen-bond donors (Lipinski definition) is 2. The predicted octanol–water partition coefficient (Wildman–Crippen LogP) is 2.84. The Hall–Kier alpha value is -4.74. The molecule has 1 aliphatic heterocycles. The van der Waals surface area contributed by atoms with Gasteiger partial charge >= 0.3 is 5.97 Å². The number of carbonyl (C=O) groups is 4. The SMILES string of the molecule is C=C(C)C(C(=O)OCc1ccc(OC)cc1)N1C(=O)C(NC(=O)C(=NOC)c2csc(NC=O)n2)C1SS(=O)(=O)c1ccccc1C. The first-order valence-corrected chi connectivity index (χ1v) is 17.5. The molecular weight excluding hydrogens is 671 g/mol. The molecule has 3 amide bonds. The molecule has 2 aromatic carbocycles. The summed E-state index contributed by atoms with van der Waals surface area (Å²) in [4.78, 5) is 61.4. The van der Waals surface area contributed by atoms with Gasteiger partial charge < -0.3 is 29.8 Å². The van der Waals surface area contributed by atoms with Crippen molar-refractivity contribution in [2.75, 3.05) is 19.5 Å². The molecule has 17 heteroatoms. The number of benzene rings is 2. The molecule has 47 heavy (non-hydrogen) atoms. The van der Waals surface area contributed by atoms with E-state index in [1.54, 1.807) is 49.4 Å². The molecular formula is C30H31N5O9S3. The van der Waals surface area contributed by atoms with Crippen LogP contribution in [0.15, 0.2) is 76.1 Å². The Morgan fingerprint density at radius 1 is 1.19 bits per heavy atom. The van der Waals surface area contributed by atoms with Crippen LogP contribution in [-0.2, 0) is 44.2 Å². The van der Waals surface area contributed by atoms with Gasteiger partial charge in [-0.25, -0.2) is 18.2 Å².